The molecule has 1 aliphatic heterocycles. The van der Waals surface area contributed by atoms with E-state index in [0.29, 0.717) is 18.9 Å². The smallest absolute Gasteiger partial charge is 0.245 e. The molecule has 0 bridgehead atoms. The molecule has 1 heterocycles. The maximum Gasteiger partial charge on any atom is 0.245 e. The average molecular weight is 294 g/mol. The number of hydrogen-bond acceptors (Lipinski definition) is 2. The van der Waals surface area contributed by atoms with E-state index in [1.807, 2.05) is 4.90 Å². The van der Waals surface area contributed by atoms with Crippen molar-refractivity contribution >= 4 is 11.8 Å². The van der Waals surface area contributed by atoms with Crippen molar-refractivity contribution in [2.24, 2.45) is 11.8 Å². The van der Waals surface area contributed by atoms with Crippen molar-refractivity contribution in [1.29, 1.82) is 0 Å². The van der Waals surface area contributed by atoms with E-state index < -0.39 is 0 Å². The Bertz CT molecular complexity index is 377. The van der Waals surface area contributed by atoms with Crippen LogP contribution < -0.4 is 5.32 Å². The summed E-state index contributed by atoms with van der Waals surface area (Å²) in [5.41, 5.74) is 0. The topological polar surface area (TPSA) is 49.4 Å². The molecule has 1 saturated carbocycles. The number of nitrogens with zero attached hydrogens (tertiary/aromatic N) is 1. The number of nitrogens with one attached hydrogen (secondary N) is 1. The van der Waals surface area contributed by atoms with Gasteiger partial charge < -0.3 is 10.2 Å². The minimum Gasteiger partial charge on any atom is -0.344 e. The van der Waals surface area contributed by atoms with Crippen LogP contribution in [0.15, 0.2) is 0 Å². The fraction of sp³-hybridized carbons (Fsp3) is 0.882. The number of amides is 2. The number of rotatable bonds is 4. The standard InChI is InChI=1S/C17H30N2O2/c1-4-12(2)16-17(21)19(11-10-15(20)18-16)13(3)14-8-6-5-7-9-14/h12-14,16H,4-11H2,1-3H3,(H,18,20). The van der Waals surface area contributed by atoms with Gasteiger partial charge in [-0.2, -0.15) is 0 Å². The summed E-state index contributed by atoms with van der Waals surface area (Å²) in [4.78, 5) is 26.8. The van der Waals surface area contributed by atoms with Crippen LogP contribution in [0.4, 0.5) is 0 Å². The minimum atomic E-state index is -0.337. The zero-order valence-electron chi connectivity index (χ0n) is 13.7. The first kappa shape index (κ1) is 16.3. The SMILES string of the molecule is CCC(C)C1NC(=O)CCN(C(C)C2CCCCC2)C1=O. The number of hydrogen-bond donors (Lipinski definition) is 1. The fourth-order valence-electron chi connectivity index (χ4n) is 3.71. The molecule has 0 aromatic heterocycles. The van der Waals surface area contributed by atoms with E-state index in [4.69, 9.17) is 0 Å². The zero-order chi connectivity index (χ0) is 15.4. The molecule has 1 N–H and O–H groups in total. The Labute approximate surface area is 128 Å². The van der Waals surface area contributed by atoms with E-state index >= 15 is 0 Å². The highest BCUT2D eigenvalue weighted by Crippen LogP contribution is 2.30. The van der Waals surface area contributed by atoms with E-state index in [1.165, 1.54) is 32.1 Å². The molecule has 0 radical (unpaired) electrons. The normalized spacial score (nSPS) is 28.0. The maximum absolute atomic E-state index is 12.9. The molecule has 0 spiro atoms. The summed E-state index contributed by atoms with van der Waals surface area (Å²) >= 11 is 0. The van der Waals surface area contributed by atoms with Crippen LogP contribution in [0, 0.1) is 11.8 Å². The van der Waals surface area contributed by atoms with Gasteiger partial charge in [0.1, 0.15) is 6.04 Å². The van der Waals surface area contributed by atoms with Crippen LogP contribution >= 0.6 is 0 Å². The molecule has 0 aromatic carbocycles. The molecule has 1 aliphatic carbocycles. The number of carbonyl (C=O) groups is 2. The van der Waals surface area contributed by atoms with E-state index in [2.05, 4.69) is 26.1 Å². The van der Waals surface area contributed by atoms with Crippen LogP contribution in [0.25, 0.3) is 0 Å². The van der Waals surface area contributed by atoms with E-state index in [-0.39, 0.29) is 29.8 Å². The lowest BCUT2D eigenvalue weighted by Gasteiger charge is -2.37. The van der Waals surface area contributed by atoms with Gasteiger partial charge in [0.05, 0.1) is 0 Å². The molecular formula is C17H30N2O2. The molecule has 4 heteroatoms. The summed E-state index contributed by atoms with van der Waals surface area (Å²) in [7, 11) is 0. The number of carbonyl (C=O) groups excluding carboxylic acids is 2. The predicted molar refractivity (Wildman–Crippen MR) is 83.8 cm³/mol. The van der Waals surface area contributed by atoms with Gasteiger partial charge in [-0.15, -0.1) is 0 Å². The van der Waals surface area contributed by atoms with Gasteiger partial charge in [0.25, 0.3) is 0 Å². The molecule has 0 aromatic rings. The van der Waals surface area contributed by atoms with Gasteiger partial charge in [-0.1, -0.05) is 39.5 Å². The van der Waals surface area contributed by atoms with Crippen LogP contribution in [0.1, 0.15) is 65.7 Å². The van der Waals surface area contributed by atoms with Gasteiger partial charge in [0.2, 0.25) is 11.8 Å². The summed E-state index contributed by atoms with van der Waals surface area (Å²) in [6, 6.07) is -0.0758. The third-order valence-corrected chi connectivity index (χ3v) is 5.48. The molecular weight excluding hydrogens is 264 g/mol. The van der Waals surface area contributed by atoms with Gasteiger partial charge >= 0.3 is 0 Å². The third kappa shape index (κ3) is 3.78. The monoisotopic (exact) mass is 294 g/mol. The first-order valence-corrected chi connectivity index (χ1v) is 8.64. The zero-order valence-corrected chi connectivity index (χ0v) is 13.7. The van der Waals surface area contributed by atoms with Gasteiger partial charge in [0.15, 0.2) is 0 Å². The molecule has 3 atom stereocenters. The van der Waals surface area contributed by atoms with Crippen molar-refractivity contribution in [3.05, 3.63) is 0 Å². The predicted octanol–water partition coefficient (Wildman–Crippen LogP) is 2.72. The molecule has 21 heavy (non-hydrogen) atoms. The Hall–Kier alpha value is -1.06. The lowest BCUT2D eigenvalue weighted by Crippen LogP contribution is -2.52. The van der Waals surface area contributed by atoms with Gasteiger partial charge in [0, 0.05) is 19.0 Å². The lowest BCUT2D eigenvalue weighted by atomic mass is 9.83. The molecule has 120 valence electrons. The molecule has 2 fully saturated rings. The first-order chi connectivity index (χ1) is 10.0. The van der Waals surface area contributed by atoms with Crippen molar-refractivity contribution in [2.75, 3.05) is 6.54 Å². The summed E-state index contributed by atoms with van der Waals surface area (Å²) in [6.45, 7) is 6.88. The van der Waals surface area contributed by atoms with Crippen molar-refractivity contribution in [2.45, 2.75) is 77.8 Å². The van der Waals surface area contributed by atoms with Gasteiger partial charge in [-0.3, -0.25) is 9.59 Å². The molecule has 3 unspecified atom stereocenters. The van der Waals surface area contributed by atoms with Crippen molar-refractivity contribution in [3.8, 4) is 0 Å². The highest BCUT2D eigenvalue weighted by molar-refractivity contribution is 5.90. The summed E-state index contributed by atoms with van der Waals surface area (Å²) in [5, 5.41) is 2.94. The van der Waals surface area contributed by atoms with Gasteiger partial charge in [-0.05, 0) is 31.6 Å². The van der Waals surface area contributed by atoms with Crippen LogP contribution in [0.3, 0.4) is 0 Å². The Balaban J connectivity index is 2.12. The van der Waals surface area contributed by atoms with E-state index in [0.717, 1.165) is 6.42 Å². The Morgan fingerprint density at radius 1 is 1.19 bits per heavy atom. The second-order valence-electron chi connectivity index (χ2n) is 6.85. The van der Waals surface area contributed by atoms with Crippen LogP contribution in [0.2, 0.25) is 0 Å². The first-order valence-electron chi connectivity index (χ1n) is 8.64. The second-order valence-corrected chi connectivity index (χ2v) is 6.85. The molecule has 2 rings (SSSR count). The van der Waals surface area contributed by atoms with E-state index in [1.54, 1.807) is 0 Å². The molecule has 4 nitrogen and oxygen atoms in total. The Morgan fingerprint density at radius 2 is 1.86 bits per heavy atom. The molecule has 2 amide bonds. The molecule has 1 saturated heterocycles. The maximum atomic E-state index is 12.9. The quantitative estimate of drug-likeness (QED) is 0.866. The van der Waals surface area contributed by atoms with Crippen LogP contribution in [-0.4, -0.2) is 35.3 Å². The summed E-state index contributed by atoms with van der Waals surface area (Å²) in [6.07, 6.45) is 7.68. The van der Waals surface area contributed by atoms with Gasteiger partial charge in [-0.25, -0.2) is 0 Å². The minimum absolute atomic E-state index is 0.0204. The van der Waals surface area contributed by atoms with Crippen LogP contribution in [-0.2, 0) is 9.59 Å². The highest BCUT2D eigenvalue weighted by atomic mass is 16.2. The summed E-state index contributed by atoms with van der Waals surface area (Å²) in [5.74, 6) is 0.953. The fourth-order valence-corrected chi connectivity index (χ4v) is 3.71. The second kappa shape index (κ2) is 7.28. The average Bonchev–Trinajstić information content (AvgIpc) is 2.66. The van der Waals surface area contributed by atoms with E-state index in [9.17, 15) is 9.59 Å². The molecule has 2 aliphatic rings. The lowest BCUT2D eigenvalue weighted by molar-refractivity contribution is -0.137. The van der Waals surface area contributed by atoms with Crippen molar-refractivity contribution in [1.82, 2.24) is 10.2 Å². The van der Waals surface area contributed by atoms with Crippen molar-refractivity contribution in [3.63, 3.8) is 0 Å². The highest BCUT2D eigenvalue weighted by Gasteiger charge is 2.37. The Morgan fingerprint density at radius 3 is 2.48 bits per heavy atom. The van der Waals surface area contributed by atoms with Crippen LogP contribution in [0.5, 0.6) is 0 Å². The van der Waals surface area contributed by atoms with Crippen molar-refractivity contribution < 1.29 is 9.59 Å². The Kier molecular flexibility index (Phi) is 5.65. The summed E-state index contributed by atoms with van der Waals surface area (Å²) < 4.78 is 0. The third-order valence-electron chi connectivity index (χ3n) is 5.48. The largest absolute Gasteiger partial charge is 0.344 e.